The molecule has 0 bridgehead atoms. The first-order valence-electron chi connectivity index (χ1n) is 7.52. The second-order valence-electron chi connectivity index (χ2n) is 5.02. The van der Waals surface area contributed by atoms with Crippen LogP contribution in [0, 0.1) is 0 Å². The first-order chi connectivity index (χ1) is 12.3. The van der Waals surface area contributed by atoms with Crippen LogP contribution >= 0.6 is 0 Å². The number of methoxy groups -OCH3 is 1. The number of nitrogens with zero attached hydrogens (tertiary/aromatic N) is 5. The van der Waals surface area contributed by atoms with Crippen molar-refractivity contribution in [1.29, 1.82) is 0 Å². The van der Waals surface area contributed by atoms with E-state index in [-0.39, 0.29) is 5.84 Å². The van der Waals surface area contributed by atoms with E-state index in [1.165, 1.54) is 0 Å². The molecule has 0 aliphatic carbocycles. The Balaban J connectivity index is 1.86. The van der Waals surface area contributed by atoms with Crippen molar-refractivity contribution >= 4 is 11.5 Å². The van der Waals surface area contributed by atoms with Gasteiger partial charge in [-0.15, -0.1) is 10.2 Å². The Hall–Kier alpha value is -3.61. The van der Waals surface area contributed by atoms with Crippen molar-refractivity contribution in [3.63, 3.8) is 0 Å². The van der Waals surface area contributed by atoms with Crippen LogP contribution < -0.4 is 10.5 Å². The zero-order valence-corrected chi connectivity index (χ0v) is 13.6. The summed E-state index contributed by atoms with van der Waals surface area (Å²) in [6.45, 7) is 0. The second-order valence-corrected chi connectivity index (χ2v) is 5.02. The maximum Gasteiger partial charge on any atom is 0.173 e. The maximum absolute atomic E-state index is 5.83. The number of hydrogen-bond acceptors (Lipinski definition) is 5. The van der Waals surface area contributed by atoms with E-state index >= 15 is 0 Å². The number of ether oxygens (including phenoxy) is 1. The summed E-state index contributed by atoms with van der Waals surface area (Å²) in [7, 11) is 1.62. The number of hydrogen-bond donors (Lipinski definition) is 1. The van der Waals surface area contributed by atoms with E-state index in [1.807, 2.05) is 30.3 Å². The van der Waals surface area contributed by atoms with E-state index in [9.17, 15) is 0 Å². The number of benzene rings is 1. The summed E-state index contributed by atoms with van der Waals surface area (Å²) >= 11 is 0. The molecule has 0 saturated carbocycles. The van der Waals surface area contributed by atoms with Crippen LogP contribution in [0.15, 0.2) is 82.6 Å². The average molecular weight is 332 g/mol. The Labute approximate surface area is 144 Å². The largest absolute Gasteiger partial charge is 0.496 e. The third-order valence-corrected chi connectivity index (χ3v) is 3.40. The third kappa shape index (κ3) is 4.03. The quantitative estimate of drug-likeness (QED) is 0.334. The molecule has 7 heteroatoms. The van der Waals surface area contributed by atoms with Crippen LogP contribution in [0.5, 0.6) is 5.75 Å². The normalized spacial score (nSPS) is 11.6. The van der Waals surface area contributed by atoms with E-state index in [4.69, 9.17) is 10.5 Å². The van der Waals surface area contributed by atoms with Crippen molar-refractivity contribution < 1.29 is 4.74 Å². The molecular weight excluding hydrogens is 316 g/mol. The van der Waals surface area contributed by atoms with Gasteiger partial charge >= 0.3 is 0 Å². The molecule has 0 atom stereocenters. The number of nitrogens with two attached hydrogens (primary N) is 1. The molecule has 0 unspecified atom stereocenters. The fourth-order valence-electron chi connectivity index (χ4n) is 2.19. The van der Waals surface area contributed by atoms with Crippen LogP contribution in [0.1, 0.15) is 5.69 Å². The summed E-state index contributed by atoms with van der Waals surface area (Å²) in [6.07, 6.45) is 5.11. The summed E-state index contributed by atoms with van der Waals surface area (Å²) in [5.41, 5.74) is 8.80. The molecule has 124 valence electrons. The molecule has 2 aromatic heterocycles. The highest BCUT2D eigenvalue weighted by Gasteiger charge is 2.07. The molecule has 2 heterocycles. The minimum Gasteiger partial charge on any atom is -0.496 e. The predicted molar refractivity (Wildman–Crippen MR) is 95.7 cm³/mol. The van der Waals surface area contributed by atoms with E-state index in [1.54, 1.807) is 43.9 Å². The van der Waals surface area contributed by atoms with Crippen molar-refractivity contribution in [2.24, 2.45) is 21.2 Å². The summed E-state index contributed by atoms with van der Waals surface area (Å²) in [4.78, 5) is 8.23. The van der Waals surface area contributed by atoms with Gasteiger partial charge in [0.1, 0.15) is 11.4 Å². The van der Waals surface area contributed by atoms with Gasteiger partial charge in [0, 0.05) is 29.7 Å². The number of aromatic nitrogens is 2. The Morgan fingerprint density at radius 1 is 1.08 bits per heavy atom. The Bertz CT molecular complexity index is 894. The van der Waals surface area contributed by atoms with Crippen molar-refractivity contribution in [3.05, 3.63) is 72.8 Å². The molecule has 0 aliphatic heterocycles. The van der Waals surface area contributed by atoms with Crippen LogP contribution in [0.25, 0.3) is 11.1 Å². The van der Waals surface area contributed by atoms with Gasteiger partial charge in [-0.1, -0.05) is 12.1 Å². The lowest BCUT2D eigenvalue weighted by Gasteiger charge is -2.08. The standard InChI is InChI=1S/C18H16N6O/c1-25-17-8-7-14(11-15(17)13-5-4-9-20-12-13)22-24-23-18(19)16-6-2-3-10-21-16/h2-12H,1H3,(H2,19,22,23). The van der Waals surface area contributed by atoms with E-state index < -0.39 is 0 Å². The lowest BCUT2D eigenvalue weighted by atomic mass is 10.1. The number of rotatable bonds is 5. The second kappa shape index (κ2) is 7.78. The molecule has 0 amide bonds. The van der Waals surface area contributed by atoms with Crippen molar-refractivity contribution in [2.75, 3.05) is 7.11 Å². The molecule has 3 aromatic rings. The SMILES string of the molecule is COc1ccc(N=NN=C(N)c2ccccn2)cc1-c1cccnc1. The molecular formula is C18H16N6O. The maximum atomic E-state index is 5.83. The van der Waals surface area contributed by atoms with Crippen LogP contribution in [0.3, 0.4) is 0 Å². The highest BCUT2D eigenvalue weighted by molar-refractivity contribution is 5.95. The molecule has 0 fully saturated rings. The van der Waals surface area contributed by atoms with Crippen molar-refractivity contribution in [1.82, 2.24) is 9.97 Å². The van der Waals surface area contributed by atoms with Gasteiger partial charge in [0.25, 0.3) is 0 Å². The first kappa shape index (κ1) is 16.3. The molecule has 3 rings (SSSR count). The number of amidine groups is 1. The fraction of sp³-hybridized carbons (Fsp3) is 0.0556. The zero-order chi connectivity index (χ0) is 17.5. The van der Waals surface area contributed by atoms with Crippen LogP contribution in [0.2, 0.25) is 0 Å². The lowest BCUT2D eigenvalue weighted by molar-refractivity contribution is 0.416. The van der Waals surface area contributed by atoms with Crippen LogP contribution in [-0.2, 0) is 0 Å². The smallest absolute Gasteiger partial charge is 0.173 e. The average Bonchev–Trinajstić information content (AvgIpc) is 2.69. The monoisotopic (exact) mass is 332 g/mol. The Kier molecular flexibility index (Phi) is 5.06. The summed E-state index contributed by atoms with van der Waals surface area (Å²) < 4.78 is 5.40. The van der Waals surface area contributed by atoms with Gasteiger partial charge < -0.3 is 10.5 Å². The van der Waals surface area contributed by atoms with Crippen molar-refractivity contribution in [2.45, 2.75) is 0 Å². The summed E-state index contributed by atoms with van der Waals surface area (Å²) in [6, 6.07) is 14.6. The molecule has 0 spiro atoms. The summed E-state index contributed by atoms with van der Waals surface area (Å²) in [5, 5.41) is 11.8. The third-order valence-electron chi connectivity index (χ3n) is 3.40. The van der Waals surface area contributed by atoms with E-state index in [0.29, 0.717) is 11.4 Å². The molecule has 0 radical (unpaired) electrons. The highest BCUT2D eigenvalue weighted by atomic mass is 16.5. The Morgan fingerprint density at radius 2 is 2.00 bits per heavy atom. The molecule has 0 aliphatic rings. The van der Waals surface area contributed by atoms with Crippen LogP contribution in [-0.4, -0.2) is 22.9 Å². The minimum absolute atomic E-state index is 0.199. The van der Waals surface area contributed by atoms with Gasteiger partial charge in [-0.2, -0.15) is 0 Å². The zero-order valence-electron chi connectivity index (χ0n) is 13.6. The highest BCUT2D eigenvalue weighted by Crippen LogP contribution is 2.33. The van der Waals surface area contributed by atoms with Crippen LogP contribution in [0.4, 0.5) is 5.69 Å². The first-order valence-corrected chi connectivity index (χ1v) is 7.52. The minimum atomic E-state index is 0.199. The van der Waals surface area contributed by atoms with Crippen molar-refractivity contribution in [3.8, 4) is 16.9 Å². The molecule has 25 heavy (non-hydrogen) atoms. The summed E-state index contributed by atoms with van der Waals surface area (Å²) in [5.74, 6) is 0.925. The number of pyridine rings is 2. The lowest BCUT2D eigenvalue weighted by Crippen LogP contribution is -2.13. The molecule has 2 N–H and O–H groups in total. The fourth-order valence-corrected chi connectivity index (χ4v) is 2.19. The van der Waals surface area contributed by atoms with Gasteiger partial charge in [0.05, 0.1) is 12.8 Å². The topological polar surface area (TPSA) is 98.1 Å². The van der Waals surface area contributed by atoms with Gasteiger partial charge in [-0.3, -0.25) is 9.97 Å². The molecule has 1 aromatic carbocycles. The molecule has 7 nitrogen and oxygen atoms in total. The molecule has 0 saturated heterocycles. The van der Waals surface area contributed by atoms with E-state index in [0.717, 1.165) is 16.9 Å². The Morgan fingerprint density at radius 3 is 2.72 bits per heavy atom. The van der Waals surface area contributed by atoms with E-state index in [2.05, 4.69) is 25.4 Å². The predicted octanol–water partition coefficient (Wildman–Crippen LogP) is 3.56. The van der Waals surface area contributed by atoms with Gasteiger partial charge in [-0.25, -0.2) is 0 Å². The van der Waals surface area contributed by atoms with Gasteiger partial charge in [0.2, 0.25) is 0 Å². The van der Waals surface area contributed by atoms with Gasteiger partial charge in [0.15, 0.2) is 5.84 Å². The van der Waals surface area contributed by atoms with Gasteiger partial charge in [-0.05, 0) is 41.6 Å².